The zero-order valence-electron chi connectivity index (χ0n) is 10.9. The Morgan fingerprint density at radius 3 is 3.00 bits per heavy atom. The van der Waals surface area contributed by atoms with Crippen LogP contribution < -0.4 is 10.6 Å². The van der Waals surface area contributed by atoms with E-state index in [9.17, 15) is 9.59 Å². The van der Waals surface area contributed by atoms with Gasteiger partial charge < -0.3 is 15.2 Å². The first-order valence-electron chi connectivity index (χ1n) is 6.29. The predicted octanol–water partition coefficient (Wildman–Crippen LogP) is 2.12. The monoisotopic (exact) mass is 271 g/mol. The number of amides is 2. The standard InChI is InChI=1S/C14H13N3O3/c1-8-11(7-15-20-8)14(19)16-10-3-4-12-9(6-10)2-5-13(18)17-12/h3-4,6-7H,2,5H2,1H3,(H,16,19)(H,17,18). The van der Waals surface area contributed by atoms with Crippen LogP contribution in [0.5, 0.6) is 0 Å². The second-order valence-corrected chi connectivity index (χ2v) is 4.67. The molecule has 3 rings (SSSR count). The van der Waals surface area contributed by atoms with E-state index in [0.29, 0.717) is 29.9 Å². The maximum atomic E-state index is 12.0. The zero-order valence-corrected chi connectivity index (χ0v) is 10.9. The van der Waals surface area contributed by atoms with Gasteiger partial charge in [0, 0.05) is 17.8 Å². The van der Waals surface area contributed by atoms with Gasteiger partial charge in [0.2, 0.25) is 5.91 Å². The van der Waals surface area contributed by atoms with E-state index in [2.05, 4.69) is 15.8 Å². The van der Waals surface area contributed by atoms with Crippen LogP contribution in [0, 0.1) is 6.92 Å². The number of hydrogen-bond acceptors (Lipinski definition) is 4. The molecule has 2 aromatic rings. The molecule has 0 atom stereocenters. The summed E-state index contributed by atoms with van der Waals surface area (Å²) in [6, 6.07) is 5.42. The van der Waals surface area contributed by atoms with Crippen molar-refractivity contribution in [1.29, 1.82) is 0 Å². The van der Waals surface area contributed by atoms with Crippen molar-refractivity contribution in [3.63, 3.8) is 0 Å². The van der Waals surface area contributed by atoms with Gasteiger partial charge in [-0.3, -0.25) is 9.59 Å². The van der Waals surface area contributed by atoms with Gasteiger partial charge in [0.15, 0.2) is 0 Å². The topological polar surface area (TPSA) is 84.2 Å². The maximum Gasteiger partial charge on any atom is 0.260 e. The SMILES string of the molecule is Cc1oncc1C(=O)Nc1ccc2c(c1)CCC(=O)N2. The lowest BCUT2D eigenvalue weighted by atomic mass is 10.0. The number of carbonyl (C=O) groups is 2. The fourth-order valence-corrected chi connectivity index (χ4v) is 2.18. The van der Waals surface area contributed by atoms with Crippen LogP contribution in [0.25, 0.3) is 0 Å². The average Bonchev–Trinajstić information content (AvgIpc) is 2.85. The minimum Gasteiger partial charge on any atom is -0.361 e. The van der Waals surface area contributed by atoms with E-state index in [1.165, 1.54) is 6.20 Å². The van der Waals surface area contributed by atoms with E-state index in [0.717, 1.165) is 11.3 Å². The highest BCUT2D eigenvalue weighted by Crippen LogP contribution is 2.26. The Bertz CT molecular complexity index is 691. The highest BCUT2D eigenvalue weighted by molar-refractivity contribution is 6.05. The van der Waals surface area contributed by atoms with E-state index in [1.54, 1.807) is 19.1 Å². The second-order valence-electron chi connectivity index (χ2n) is 4.67. The molecule has 1 aromatic heterocycles. The van der Waals surface area contributed by atoms with Crippen molar-refractivity contribution in [2.75, 3.05) is 10.6 Å². The van der Waals surface area contributed by atoms with Gasteiger partial charge in [0.05, 0.1) is 6.20 Å². The Balaban J connectivity index is 1.80. The number of aromatic nitrogens is 1. The highest BCUT2D eigenvalue weighted by Gasteiger charge is 2.17. The van der Waals surface area contributed by atoms with Crippen LogP contribution in [-0.2, 0) is 11.2 Å². The van der Waals surface area contributed by atoms with Crippen LogP contribution in [0.4, 0.5) is 11.4 Å². The van der Waals surface area contributed by atoms with Crippen molar-refractivity contribution in [2.24, 2.45) is 0 Å². The van der Waals surface area contributed by atoms with Gasteiger partial charge in [-0.15, -0.1) is 0 Å². The van der Waals surface area contributed by atoms with E-state index < -0.39 is 0 Å². The molecule has 0 spiro atoms. The number of fused-ring (bicyclic) bond motifs is 1. The lowest BCUT2D eigenvalue weighted by molar-refractivity contribution is -0.116. The molecule has 1 aromatic carbocycles. The number of carbonyl (C=O) groups excluding carboxylic acids is 2. The molecule has 1 aliphatic heterocycles. The molecular formula is C14H13N3O3. The fourth-order valence-electron chi connectivity index (χ4n) is 2.18. The third kappa shape index (κ3) is 2.27. The largest absolute Gasteiger partial charge is 0.361 e. The first-order valence-corrected chi connectivity index (χ1v) is 6.29. The number of rotatable bonds is 2. The normalized spacial score (nSPS) is 13.6. The van der Waals surface area contributed by atoms with Gasteiger partial charge in [0.1, 0.15) is 11.3 Å². The fraction of sp³-hybridized carbons (Fsp3) is 0.214. The van der Waals surface area contributed by atoms with Crippen LogP contribution in [0.1, 0.15) is 28.1 Å². The molecule has 1 aliphatic rings. The van der Waals surface area contributed by atoms with Crippen molar-refractivity contribution in [1.82, 2.24) is 5.16 Å². The minimum absolute atomic E-state index is 0.0226. The van der Waals surface area contributed by atoms with Crippen molar-refractivity contribution >= 4 is 23.2 Å². The summed E-state index contributed by atoms with van der Waals surface area (Å²) in [5.41, 5.74) is 2.92. The first kappa shape index (κ1) is 12.4. The number of nitrogens with one attached hydrogen (secondary N) is 2. The number of hydrogen-bond donors (Lipinski definition) is 2. The van der Waals surface area contributed by atoms with Crippen LogP contribution in [-0.4, -0.2) is 17.0 Å². The molecule has 0 aliphatic carbocycles. The van der Waals surface area contributed by atoms with E-state index in [-0.39, 0.29) is 11.8 Å². The number of benzene rings is 1. The van der Waals surface area contributed by atoms with Gasteiger partial charge in [-0.2, -0.15) is 0 Å². The number of nitrogens with zero attached hydrogens (tertiary/aromatic N) is 1. The predicted molar refractivity (Wildman–Crippen MR) is 72.6 cm³/mol. The molecule has 2 amide bonds. The summed E-state index contributed by atoms with van der Waals surface area (Å²) in [5.74, 6) is 0.241. The Morgan fingerprint density at radius 1 is 1.40 bits per heavy atom. The summed E-state index contributed by atoms with van der Waals surface area (Å²) in [6.45, 7) is 1.68. The summed E-state index contributed by atoms with van der Waals surface area (Å²) < 4.78 is 4.87. The molecule has 20 heavy (non-hydrogen) atoms. The number of aryl methyl sites for hydroxylation is 2. The zero-order chi connectivity index (χ0) is 14.1. The summed E-state index contributed by atoms with van der Waals surface area (Å²) in [4.78, 5) is 23.3. The van der Waals surface area contributed by atoms with Crippen LogP contribution in [0.3, 0.4) is 0 Å². The smallest absolute Gasteiger partial charge is 0.260 e. The molecule has 0 saturated carbocycles. The summed E-state index contributed by atoms with van der Waals surface area (Å²) in [5, 5.41) is 9.17. The molecule has 0 fully saturated rings. The van der Waals surface area contributed by atoms with Gasteiger partial charge in [-0.1, -0.05) is 5.16 Å². The quantitative estimate of drug-likeness (QED) is 0.876. The molecular weight excluding hydrogens is 258 g/mol. The van der Waals surface area contributed by atoms with Crippen molar-refractivity contribution < 1.29 is 14.1 Å². The van der Waals surface area contributed by atoms with Gasteiger partial charge in [0.25, 0.3) is 5.91 Å². The molecule has 0 radical (unpaired) electrons. The van der Waals surface area contributed by atoms with Crippen molar-refractivity contribution in [3.05, 3.63) is 41.3 Å². The van der Waals surface area contributed by atoms with Crippen molar-refractivity contribution in [3.8, 4) is 0 Å². The molecule has 0 saturated heterocycles. The Hall–Kier alpha value is -2.63. The number of anilines is 2. The third-order valence-electron chi connectivity index (χ3n) is 3.25. The molecule has 2 heterocycles. The second kappa shape index (κ2) is 4.80. The molecule has 0 bridgehead atoms. The maximum absolute atomic E-state index is 12.0. The summed E-state index contributed by atoms with van der Waals surface area (Å²) >= 11 is 0. The van der Waals surface area contributed by atoms with Crippen LogP contribution in [0.15, 0.2) is 28.9 Å². The van der Waals surface area contributed by atoms with Crippen LogP contribution in [0.2, 0.25) is 0 Å². The van der Waals surface area contributed by atoms with Gasteiger partial charge >= 0.3 is 0 Å². The summed E-state index contributed by atoms with van der Waals surface area (Å²) in [7, 11) is 0. The lowest BCUT2D eigenvalue weighted by Gasteiger charge is -2.17. The molecule has 6 nitrogen and oxygen atoms in total. The summed E-state index contributed by atoms with van der Waals surface area (Å²) in [6.07, 6.45) is 2.54. The highest BCUT2D eigenvalue weighted by atomic mass is 16.5. The van der Waals surface area contributed by atoms with Gasteiger partial charge in [-0.05, 0) is 37.1 Å². The van der Waals surface area contributed by atoms with Gasteiger partial charge in [-0.25, -0.2) is 0 Å². The van der Waals surface area contributed by atoms with E-state index >= 15 is 0 Å². The molecule has 6 heteroatoms. The first-order chi connectivity index (χ1) is 9.63. The Kier molecular flexibility index (Phi) is 2.98. The minimum atomic E-state index is -0.261. The molecule has 0 unspecified atom stereocenters. The van der Waals surface area contributed by atoms with Crippen molar-refractivity contribution in [2.45, 2.75) is 19.8 Å². The lowest BCUT2D eigenvalue weighted by Crippen LogP contribution is -2.19. The Morgan fingerprint density at radius 2 is 2.25 bits per heavy atom. The third-order valence-corrected chi connectivity index (χ3v) is 3.25. The van der Waals surface area contributed by atoms with E-state index in [4.69, 9.17) is 4.52 Å². The van der Waals surface area contributed by atoms with Crippen LogP contribution >= 0.6 is 0 Å². The Labute approximate surface area is 115 Å². The average molecular weight is 271 g/mol. The van der Waals surface area contributed by atoms with E-state index in [1.807, 2.05) is 6.07 Å². The molecule has 102 valence electrons. The molecule has 2 N–H and O–H groups in total.